The van der Waals surface area contributed by atoms with Crippen LogP contribution in [0.1, 0.15) is 0 Å². The number of piperazine rings is 1. The lowest BCUT2D eigenvalue weighted by atomic mass is 10.2. The second-order valence-electron chi connectivity index (χ2n) is 4.81. The van der Waals surface area contributed by atoms with Crippen molar-refractivity contribution in [1.82, 2.24) is 10.3 Å². The van der Waals surface area contributed by atoms with Crippen LogP contribution >= 0.6 is 0 Å². The number of nitrogens with zero attached hydrogens (tertiary/aromatic N) is 5. The molecule has 0 radical (unpaired) electrons. The van der Waals surface area contributed by atoms with Gasteiger partial charge in [-0.15, -0.1) is 4.63 Å². The fourth-order valence-electron chi connectivity index (χ4n) is 2.54. The highest BCUT2D eigenvalue weighted by Gasteiger charge is 2.30. The first-order valence-electron chi connectivity index (χ1n) is 6.80. The maximum Gasteiger partial charge on any atom is 0.458 e. The van der Waals surface area contributed by atoms with Gasteiger partial charge in [0.05, 0.1) is 12.8 Å². The number of aromatic nitrogens is 2. The molecule has 0 bridgehead atoms. The number of hydrogen-bond acceptors (Lipinski definition) is 8. The van der Waals surface area contributed by atoms with Gasteiger partial charge in [0.1, 0.15) is 5.75 Å². The Morgan fingerprint density at radius 1 is 1.18 bits per heavy atom. The van der Waals surface area contributed by atoms with E-state index in [1.54, 1.807) is 12.0 Å². The summed E-state index contributed by atoms with van der Waals surface area (Å²) >= 11 is 0. The van der Waals surface area contributed by atoms with Crippen molar-refractivity contribution in [3.8, 4) is 5.75 Å². The lowest BCUT2D eigenvalue weighted by Crippen LogP contribution is -2.47. The van der Waals surface area contributed by atoms with Crippen LogP contribution < -0.4 is 14.5 Å². The quantitative estimate of drug-likeness (QED) is 0.616. The van der Waals surface area contributed by atoms with Crippen LogP contribution in [0.4, 0.5) is 17.3 Å². The third-order valence-electron chi connectivity index (χ3n) is 3.63. The van der Waals surface area contributed by atoms with Crippen LogP contribution in [0.2, 0.25) is 0 Å². The van der Waals surface area contributed by atoms with Gasteiger partial charge in [-0.2, -0.15) is 0 Å². The number of benzene rings is 1. The number of hydrogen-bond donors (Lipinski definition) is 0. The van der Waals surface area contributed by atoms with E-state index in [1.807, 2.05) is 24.3 Å². The summed E-state index contributed by atoms with van der Waals surface area (Å²) in [7, 11) is 1.64. The molecule has 1 aromatic heterocycles. The zero-order valence-electron chi connectivity index (χ0n) is 12.0. The molecule has 1 aliphatic rings. The minimum Gasteiger partial charge on any atom is -0.495 e. The van der Waals surface area contributed by atoms with Crippen molar-refractivity contribution in [2.45, 2.75) is 0 Å². The molecule has 0 N–H and O–H groups in total. The van der Waals surface area contributed by atoms with Crippen molar-refractivity contribution < 1.29 is 14.3 Å². The summed E-state index contributed by atoms with van der Waals surface area (Å²) < 4.78 is 9.86. The summed E-state index contributed by atoms with van der Waals surface area (Å²) in [5.74, 6) is 0.653. The van der Waals surface area contributed by atoms with Crippen LogP contribution in [0.5, 0.6) is 5.75 Å². The molecule has 2 aromatic rings. The van der Waals surface area contributed by atoms with Gasteiger partial charge in [0, 0.05) is 31.3 Å². The topological polar surface area (TPSA) is 97.8 Å². The monoisotopic (exact) mass is 305 g/mol. The fourth-order valence-corrected chi connectivity index (χ4v) is 2.54. The van der Waals surface area contributed by atoms with Crippen molar-refractivity contribution in [3.63, 3.8) is 0 Å². The van der Waals surface area contributed by atoms with Gasteiger partial charge in [0.2, 0.25) is 0 Å². The summed E-state index contributed by atoms with van der Waals surface area (Å²) in [6.07, 6.45) is 0. The first-order valence-corrected chi connectivity index (χ1v) is 6.80. The summed E-state index contributed by atoms with van der Waals surface area (Å²) in [5.41, 5.74) is 1.01. The normalized spacial score (nSPS) is 15.0. The highest BCUT2D eigenvalue weighted by molar-refractivity contribution is 5.60. The average Bonchev–Trinajstić information content (AvgIpc) is 3.05. The molecule has 9 heteroatoms. The Morgan fingerprint density at radius 3 is 2.55 bits per heavy atom. The molecule has 0 atom stereocenters. The molecule has 9 nitrogen and oxygen atoms in total. The van der Waals surface area contributed by atoms with Gasteiger partial charge in [-0.3, -0.25) is 0 Å². The van der Waals surface area contributed by atoms with Crippen LogP contribution in [0.25, 0.3) is 0 Å². The zero-order chi connectivity index (χ0) is 15.5. The molecule has 0 saturated carbocycles. The minimum atomic E-state index is -0.585. The Hall–Kier alpha value is -2.84. The van der Waals surface area contributed by atoms with Crippen molar-refractivity contribution >= 4 is 17.3 Å². The average molecular weight is 305 g/mol. The molecular formula is C13H15N5O4. The third kappa shape index (κ3) is 2.52. The van der Waals surface area contributed by atoms with Gasteiger partial charge in [0.25, 0.3) is 5.82 Å². The van der Waals surface area contributed by atoms with Gasteiger partial charge in [0.15, 0.2) is 5.16 Å². The van der Waals surface area contributed by atoms with Crippen molar-refractivity contribution in [1.29, 1.82) is 0 Å². The largest absolute Gasteiger partial charge is 0.495 e. The van der Waals surface area contributed by atoms with Crippen LogP contribution in [0, 0.1) is 10.1 Å². The lowest BCUT2D eigenvalue weighted by Gasteiger charge is -2.35. The van der Waals surface area contributed by atoms with E-state index in [1.165, 1.54) is 0 Å². The Balaban J connectivity index is 1.73. The van der Waals surface area contributed by atoms with E-state index in [0.29, 0.717) is 26.2 Å². The first kappa shape index (κ1) is 14.1. The molecule has 2 heterocycles. The van der Waals surface area contributed by atoms with Crippen molar-refractivity contribution in [2.24, 2.45) is 0 Å². The van der Waals surface area contributed by atoms with E-state index in [9.17, 15) is 10.1 Å². The maximum absolute atomic E-state index is 10.9. The number of ether oxygens (including phenoxy) is 1. The Kier molecular flexibility index (Phi) is 3.77. The molecule has 22 heavy (non-hydrogen) atoms. The van der Waals surface area contributed by atoms with Crippen LogP contribution in [-0.2, 0) is 0 Å². The van der Waals surface area contributed by atoms with E-state index in [2.05, 4.69) is 19.8 Å². The summed E-state index contributed by atoms with van der Waals surface area (Å²) in [6, 6.07) is 7.78. The van der Waals surface area contributed by atoms with Gasteiger partial charge >= 0.3 is 5.82 Å². The van der Waals surface area contributed by atoms with Crippen LogP contribution in [0.15, 0.2) is 28.9 Å². The molecule has 116 valence electrons. The molecule has 0 spiro atoms. The predicted octanol–water partition coefficient (Wildman–Crippen LogP) is 1.31. The molecule has 0 amide bonds. The van der Waals surface area contributed by atoms with Crippen molar-refractivity contribution in [3.05, 3.63) is 34.4 Å². The van der Waals surface area contributed by atoms with Gasteiger partial charge < -0.3 is 24.7 Å². The molecule has 0 unspecified atom stereocenters. The Labute approximate surface area is 126 Å². The standard InChI is InChI=1S/C13H15N5O4/c1-21-11-5-3-2-4-10(11)16-6-8-17(9-7-16)12-13(18(19)20)15-22-14-12/h2-5H,6-9H2,1H3. The molecule has 0 aliphatic carbocycles. The van der Waals surface area contributed by atoms with Crippen LogP contribution in [-0.4, -0.2) is 48.5 Å². The summed E-state index contributed by atoms with van der Waals surface area (Å²) in [6.45, 7) is 2.58. The summed E-state index contributed by atoms with van der Waals surface area (Å²) in [4.78, 5) is 14.3. The highest BCUT2D eigenvalue weighted by Crippen LogP contribution is 2.30. The van der Waals surface area contributed by atoms with E-state index in [0.717, 1.165) is 11.4 Å². The zero-order valence-corrected chi connectivity index (χ0v) is 12.0. The van der Waals surface area contributed by atoms with Crippen molar-refractivity contribution in [2.75, 3.05) is 43.1 Å². The summed E-state index contributed by atoms with van der Waals surface area (Å²) in [5, 5.41) is 17.9. The molecule has 1 saturated heterocycles. The SMILES string of the molecule is COc1ccccc1N1CCN(c2nonc2[N+](=O)[O-])CC1. The van der Waals surface area contributed by atoms with Gasteiger partial charge in [-0.25, -0.2) is 0 Å². The van der Waals surface area contributed by atoms with E-state index in [-0.39, 0.29) is 11.6 Å². The second-order valence-corrected chi connectivity index (χ2v) is 4.81. The first-order chi connectivity index (χ1) is 10.7. The van der Waals surface area contributed by atoms with Gasteiger partial charge in [-0.05, 0) is 17.1 Å². The number of methoxy groups -OCH3 is 1. The van der Waals surface area contributed by atoms with Gasteiger partial charge in [-0.1, -0.05) is 12.1 Å². The molecular weight excluding hydrogens is 290 g/mol. The second kappa shape index (κ2) is 5.88. The highest BCUT2D eigenvalue weighted by atomic mass is 16.6. The molecule has 3 rings (SSSR count). The maximum atomic E-state index is 10.9. The number of para-hydroxylation sites is 2. The smallest absolute Gasteiger partial charge is 0.458 e. The molecule has 1 aromatic carbocycles. The fraction of sp³-hybridized carbons (Fsp3) is 0.385. The third-order valence-corrected chi connectivity index (χ3v) is 3.63. The predicted molar refractivity (Wildman–Crippen MR) is 78.4 cm³/mol. The van der Waals surface area contributed by atoms with E-state index in [4.69, 9.17) is 4.74 Å². The minimum absolute atomic E-state index is 0.185. The molecule has 1 aliphatic heterocycles. The van der Waals surface area contributed by atoms with E-state index < -0.39 is 4.92 Å². The molecule has 1 fully saturated rings. The van der Waals surface area contributed by atoms with Crippen LogP contribution in [0.3, 0.4) is 0 Å². The number of rotatable bonds is 4. The van der Waals surface area contributed by atoms with E-state index >= 15 is 0 Å². The number of nitro groups is 1. The Morgan fingerprint density at radius 2 is 1.86 bits per heavy atom. The number of anilines is 2. The lowest BCUT2D eigenvalue weighted by molar-refractivity contribution is -0.390. The Bertz CT molecular complexity index is 666.